The van der Waals surface area contributed by atoms with Gasteiger partial charge in [0.05, 0.1) is 32.5 Å². The van der Waals surface area contributed by atoms with Crippen LogP contribution >= 0.6 is 11.3 Å². The zero-order valence-electron chi connectivity index (χ0n) is 20.9. The number of hydrogen-bond donors (Lipinski definition) is 0. The van der Waals surface area contributed by atoms with Crippen molar-refractivity contribution in [2.45, 2.75) is 0 Å². The van der Waals surface area contributed by atoms with Gasteiger partial charge >= 0.3 is 0 Å². The Labute approximate surface area is 227 Å². The molecule has 5 aromatic carbocycles. The Morgan fingerprint density at radius 1 is 0.513 bits per heavy atom. The minimum Gasteiger partial charge on any atom is -0.309 e. The van der Waals surface area contributed by atoms with Gasteiger partial charge in [0.15, 0.2) is 0 Å². The fourth-order valence-corrected chi connectivity index (χ4v) is 7.66. The highest BCUT2D eigenvalue weighted by atomic mass is 32.1. The van der Waals surface area contributed by atoms with E-state index in [-0.39, 0.29) is 0 Å². The molecule has 0 saturated carbocycles. The van der Waals surface area contributed by atoms with Crippen molar-refractivity contribution >= 4 is 75.1 Å². The molecule has 0 spiro atoms. The molecule has 0 radical (unpaired) electrons. The zero-order valence-corrected chi connectivity index (χ0v) is 21.7. The average Bonchev–Trinajstić information content (AvgIpc) is 3.65. The Balaban J connectivity index is 1.52. The van der Waals surface area contributed by atoms with Crippen molar-refractivity contribution in [2.75, 3.05) is 0 Å². The maximum absolute atomic E-state index is 4.58. The van der Waals surface area contributed by atoms with Crippen LogP contribution in [0, 0.1) is 0 Å². The topological polar surface area (TPSA) is 22.8 Å². The quantitative estimate of drug-likeness (QED) is 0.225. The molecule has 4 heteroatoms. The zero-order chi connectivity index (χ0) is 25.5. The van der Waals surface area contributed by atoms with Crippen LogP contribution in [0.2, 0.25) is 0 Å². The van der Waals surface area contributed by atoms with Gasteiger partial charge in [0.1, 0.15) is 0 Å². The van der Waals surface area contributed by atoms with Gasteiger partial charge in [-0.15, -0.1) is 11.3 Å². The van der Waals surface area contributed by atoms with Crippen LogP contribution in [-0.4, -0.2) is 14.1 Å². The third kappa shape index (κ3) is 2.78. The minimum absolute atomic E-state index is 1.15. The fraction of sp³-hybridized carbons (Fsp3) is 0. The molecule has 0 amide bonds. The van der Waals surface area contributed by atoms with Crippen LogP contribution in [0.3, 0.4) is 0 Å². The summed E-state index contributed by atoms with van der Waals surface area (Å²) in [5, 5.41) is 7.55. The van der Waals surface area contributed by atoms with Crippen molar-refractivity contribution in [1.82, 2.24) is 14.1 Å². The standard InChI is InChI=1S/C35H21N3S/c1-2-9-22(10-3-1)37-29-19-20-36-21-27(29)33-30(37)14-8-15-31(33)38-28-13-6-4-11-23(28)25-17-18-26-24-12-5-7-16-32(24)39-35(26)34(25)38/h1-21H. The smallest absolute Gasteiger partial charge is 0.0720 e. The monoisotopic (exact) mass is 515 g/mol. The summed E-state index contributed by atoms with van der Waals surface area (Å²) >= 11 is 1.89. The third-order valence-corrected chi connectivity index (χ3v) is 9.20. The number of fused-ring (bicyclic) bond motifs is 10. The lowest BCUT2D eigenvalue weighted by Gasteiger charge is -2.12. The molecule has 0 fully saturated rings. The molecule has 9 rings (SSSR count). The largest absolute Gasteiger partial charge is 0.309 e. The van der Waals surface area contributed by atoms with E-state index >= 15 is 0 Å². The Hall–Kier alpha value is -4.93. The molecule has 0 aliphatic heterocycles. The second-order valence-corrected chi connectivity index (χ2v) is 11.1. The maximum atomic E-state index is 4.58. The van der Waals surface area contributed by atoms with Crippen LogP contribution in [0.5, 0.6) is 0 Å². The van der Waals surface area contributed by atoms with Crippen molar-refractivity contribution in [3.8, 4) is 11.4 Å². The molecule has 0 bridgehead atoms. The van der Waals surface area contributed by atoms with Gasteiger partial charge in [-0.3, -0.25) is 4.98 Å². The number of rotatable bonds is 2. The minimum atomic E-state index is 1.15. The van der Waals surface area contributed by atoms with Gasteiger partial charge in [0.25, 0.3) is 0 Å². The Morgan fingerprint density at radius 2 is 1.26 bits per heavy atom. The summed E-state index contributed by atoms with van der Waals surface area (Å²) in [4.78, 5) is 4.58. The van der Waals surface area contributed by atoms with E-state index in [0.717, 1.165) is 16.6 Å². The maximum Gasteiger partial charge on any atom is 0.0720 e. The number of pyridine rings is 1. The van der Waals surface area contributed by atoms with Crippen LogP contribution in [0.15, 0.2) is 128 Å². The van der Waals surface area contributed by atoms with Crippen molar-refractivity contribution in [2.24, 2.45) is 0 Å². The summed E-state index contributed by atoms with van der Waals surface area (Å²) in [5.74, 6) is 0. The summed E-state index contributed by atoms with van der Waals surface area (Å²) in [7, 11) is 0. The van der Waals surface area contributed by atoms with Crippen LogP contribution in [0.25, 0.3) is 75.2 Å². The van der Waals surface area contributed by atoms with Crippen LogP contribution < -0.4 is 0 Å². The first-order chi connectivity index (χ1) is 19.4. The number of hydrogen-bond acceptors (Lipinski definition) is 2. The molecule has 0 unspecified atom stereocenters. The second-order valence-electron chi connectivity index (χ2n) is 10.0. The predicted molar refractivity (Wildman–Crippen MR) is 166 cm³/mol. The van der Waals surface area contributed by atoms with E-state index in [9.17, 15) is 0 Å². The first-order valence-corrected chi connectivity index (χ1v) is 14.0. The van der Waals surface area contributed by atoms with Crippen LogP contribution in [0.1, 0.15) is 0 Å². The van der Waals surface area contributed by atoms with E-state index in [1.54, 1.807) is 0 Å². The highest BCUT2D eigenvalue weighted by Gasteiger charge is 2.21. The van der Waals surface area contributed by atoms with Gasteiger partial charge in [-0.05, 0) is 42.5 Å². The van der Waals surface area contributed by atoms with Gasteiger partial charge in [-0.1, -0.05) is 72.8 Å². The molecule has 0 atom stereocenters. The SMILES string of the molecule is c1ccc(-n2c3ccncc3c3c(-n4c5ccccc5c5ccc6c7ccccc7sc6c54)cccc32)cc1. The molecular weight excluding hydrogens is 494 g/mol. The van der Waals surface area contributed by atoms with E-state index in [0.29, 0.717) is 0 Å². The van der Waals surface area contributed by atoms with E-state index in [4.69, 9.17) is 0 Å². The van der Waals surface area contributed by atoms with Gasteiger partial charge < -0.3 is 9.13 Å². The number of benzene rings is 5. The fourth-order valence-electron chi connectivity index (χ4n) is 6.42. The molecule has 3 nitrogen and oxygen atoms in total. The molecular formula is C35H21N3S. The first-order valence-electron chi connectivity index (χ1n) is 13.1. The number of nitrogens with zero attached hydrogens (tertiary/aromatic N) is 3. The van der Waals surface area contributed by atoms with Gasteiger partial charge in [-0.2, -0.15) is 0 Å². The Morgan fingerprint density at radius 3 is 2.18 bits per heavy atom. The van der Waals surface area contributed by atoms with E-state index in [2.05, 4.69) is 129 Å². The normalized spacial score (nSPS) is 12.1. The average molecular weight is 516 g/mol. The Kier molecular flexibility index (Phi) is 4.21. The second kappa shape index (κ2) is 7.79. The van der Waals surface area contributed by atoms with Crippen LogP contribution in [-0.2, 0) is 0 Å². The lowest BCUT2D eigenvalue weighted by Crippen LogP contribution is -1.96. The number of aromatic nitrogens is 3. The molecule has 39 heavy (non-hydrogen) atoms. The molecule has 4 heterocycles. The lowest BCUT2D eigenvalue weighted by atomic mass is 10.1. The van der Waals surface area contributed by atoms with Crippen molar-refractivity contribution < 1.29 is 0 Å². The summed E-state index contributed by atoms with van der Waals surface area (Å²) in [6.07, 6.45) is 3.91. The van der Waals surface area contributed by atoms with Gasteiger partial charge in [-0.25, -0.2) is 0 Å². The molecule has 0 saturated heterocycles. The van der Waals surface area contributed by atoms with Crippen molar-refractivity contribution in [1.29, 1.82) is 0 Å². The molecule has 0 aliphatic carbocycles. The van der Waals surface area contributed by atoms with E-state index in [1.807, 2.05) is 23.7 Å². The van der Waals surface area contributed by atoms with E-state index in [1.165, 1.54) is 58.6 Å². The highest BCUT2D eigenvalue weighted by Crippen LogP contribution is 2.44. The predicted octanol–water partition coefficient (Wildman–Crippen LogP) is 9.64. The number of para-hydroxylation sites is 2. The number of thiophene rings is 1. The third-order valence-electron chi connectivity index (χ3n) is 8.00. The first kappa shape index (κ1) is 21.1. The molecule has 4 aromatic heterocycles. The van der Waals surface area contributed by atoms with E-state index < -0.39 is 0 Å². The summed E-state index contributed by atoms with van der Waals surface area (Å²) < 4.78 is 7.50. The van der Waals surface area contributed by atoms with Crippen molar-refractivity contribution in [3.63, 3.8) is 0 Å². The van der Waals surface area contributed by atoms with Gasteiger partial charge in [0.2, 0.25) is 0 Å². The van der Waals surface area contributed by atoms with Gasteiger partial charge in [0, 0.05) is 55.1 Å². The van der Waals surface area contributed by atoms with Crippen LogP contribution in [0.4, 0.5) is 0 Å². The summed E-state index contributed by atoms with van der Waals surface area (Å²) in [5.41, 5.74) is 7.15. The lowest BCUT2D eigenvalue weighted by molar-refractivity contribution is 1.17. The molecule has 9 aromatic rings. The Bertz CT molecular complexity index is 2390. The highest BCUT2D eigenvalue weighted by molar-refractivity contribution is 7.26. The molecule has 0 aliphatic rings. The molecule has 0 N–H and O–H groups in total. The van der Waals surface area contributed by atoms with Crippen molar-refractivity contribution in [3.05, 3.63) is 128 Å². The molecule has 182 valence electrons. The summed E-state index contributed by atoms with van der Waals surface area (Å²) in [6, 6.07) is 41.6. The summed E-state index contributed by atoms with van der Waals surface area (Å²) in [6.45, 7) is 0.